The van der Waals surface area contributed by atoms with Crippen LogP contribution in [0.3, 0.4) is 0 Å². The van der Waals surface area contributed by atoms with E-state index in [0.29, 0.717) is 0 Å². The summed E-state index contributed by atoms with van der Waals surface area (Å²) in [7, 11) is 4.17. The highest BCUT2D eigenvalue weighted by atomic mass is 79.9. The van der Waals surface area contributed by atoms with Crippen LogP contribution in [0, 0.1) is 0 Å². The molecule has 18 heavy (non-hydrogen) atoms. The molecule has 0 radical (unpaired) electrons. The zero-order valence-electron chi connectivity index (χ0n) is 10.6. The van der Waals surface area contributed by atoms with Gasteiger partial charge in [0.25, 0.3) is 0 Å². The fourth-order valence-corrected chi connectivity index (χ4v) is 3.12. The van der Waals surface area contributed by atoms with E-state index >= 15 is 0 Å². The topological polar surface area (TPSA) is 15.3 Å². The van der Waals surface area contributed by atoms with Crippen LogP contribution in [0.15, 0.2) is 40.2 Å². The molecule has 0 saturated carbocycles. The summed E-state index contributed by atoms with van der Waals surface area (Å²) in [6.07, 6.45) is 0. The number of thiophene rings is 1. The van der Waals surface area contributed by atoms with E-state index in [1.165, 1.54) is 16.1 Å². The third-order valence-corrected chi connectivity index (χ3v) is 4.24. The predicted molar refractivity (Wildman–Crippen MR) is 83.2 cm³/mol. The number of halogens is 1. The van der Waals surface area contributed by atoms with E-state index in [1.54, 1.807) is 11.3 Å². The molecule has 1 aromatic carbocycles. The van der Waals surface area contributed by atoms with E-state index in [4.69, 9.17) is 0 Å². The fraction of sp³-hybridized carbons (Fsp3) is 0.286. The number of nitrogens with zero attached hydrogens (tertiary/aromatic N) is 1. The molecular weight excluding hydrogens is 308 g/mol. The van der Waals surface area contributed by atoms with E-state index in [9.17, 15) is 0 Å². The summed E-state index contributed by atoms with van der Waals surface area (Å²) in [5.41, 5.74) is 2.51. The Morgan fingerprint density at radius 3 is 2.50 bits per heavy atom. The summed E-state index contributed by atoms with van der Waals surface area (Å²) in [5.74, 6) is 0. The van der Waals surface area contributed by atoms with Gasteiger partial charge in [0.1, 0.15) is 0 Å². The van der Waals surface area contributed by atoms with Crippen LogP contribution in [0.25, 0.3) is 0 Å². The first-order valence-corrected chi connectivity index (χ1v) is 7.51. The standard InChI is InChI=1S/C14H17BrN2S/c1-17(2)9-11-3-5-13(6-4-11)16-8-14-7-12(15)10-18-14/h3-7,10,16H,8-9H2,1-2H3. The average molecular weight is 325 g/mol. The van der Waals surface area contributed by atoms with E-state index in [0.717, 1.165) is 17.6 Å². The summed E-state index contributed by atoms with van der Waals surface area (Å²) in [4.78, 5) is 3.50. The number of hydrogen-bond acceptors (Lipinski definition) is 3. The minimum Gasteiger partial charge on any atom is -0.380 e. The number of anilines is 1. The quantitative estimate of drug-likeness (QED) is 0.887. The Balaban J connectivity index is 1.90. The van der Waals surface area contributed by atoms with Gasteiger partial charge in [0.2, 0.25) is 0 Å². The molecule has 0 aliphatic rings. The maximum atomic E-state index is 3.47. The van der Waals surface area contributed by atoms with Crippen LogP contribution in [0.5, 0.6) is 0 Å². The Kier molecular flexibility index (Phi) is 4.80. The third-order valence-electron chi connectivity index (χ3n) is 2.54. The molecule has 4 heteroatoms. The van der Waals surface area contributed by atoms with Gasteiger partial charge in [0.15, 0.2) is 0 Å². The van der Waals surface area contributed by atoms with Gasteiger partial charge >= 0.3 is 0 Å². The van der Waals surface area contributed by atoms with Gasteiger partial charge < -0.3 is 10.2 Å². The molecule has 0 aliphatic heterocycles. The fourth-order valence-electron chi connectivity index (χ4n) is 1.73. The van der Waals surface area contributed by atoms with Crippen LogP contribution in [-0.2, 0) is 13.1 Å². The molecule has 0 bridgehead atoms. The molecule has 0 atom stereocenters. The van der Waals surface area contributed by atoms with E-state index in [1.807, 2.05) is 0 Å². The van der Waals surface area contributed by atoms with Gasteiger partial charge in [-0.3, -0.25) is 0 Å². The number of rotatable bonds is 5. The lowest BCUT2D eigenvalue weighted by Gasteiger charge is -2.10. The van der Waals surface area contributed by atoms with Crippen LogP contribution in [0.4, 0.5) is 5.69 Å². The highest BCUT2D eigenvalue weighted by Gasteiger charge is 1.99. The Morgan fingerprint density at radius 1 is 1.22 bits per heavy atom. The summed E-state index contributed by atoms with van der Waals surface area (Å²) < 4.78 is 1.16. The SMILES string of the molecule is CN(C)Cc1ccc(NCc2cc(Br)cs2)cc1. The molecule has 0 fully saturated rings. The van der Waals surface area contributed by atoms with Crippen molar-refractivity contribution in [3.63, 3.8) is 0 Å². The Morgan fingerprint density at radius 2 is 1.94 bits per heavy atom. The smallest absolute Gasteiger partial charge is 0.0494 e. The second-order valence-electron chi connectivity index (χ2n) is 4.52. The van der Waals surface area contributed by atoms with Gasteiger partial charge in [-0.15, -0.1) is 11.3 Å². The van der Waals surface area contributed by atoms with Crippen molar-refractivity contribution in [3.05, 3.63) is 50.6 Å². The van der Waals surface area contributed by atoms with E-state index < -0.39 is 0 Å². The van der Waals surface area contributed by atoms with Gasteiger partial charge in [-0.1, -0.05) is 12.1 Å². The van der Waals surface area contributed by atoms with E-state index in [2.05, 4.69) is 76.0 Å². The minimum atomic E-state index is 0.878. The maximum Gasteiger partial charge on any atom is 0.0494 e. The van der Waals surface area contributed by atoms with Crippen LogP contribution < -0.4 is 5.32 Å². The molecule has 1 heterocycles. The second-order valence-corrected chi connectivity index (χ2v) is 6.43. The normalized spacial score (nSPS) is 10.9. The highest BCUT2D eigenvalue weighted by Crippen LogP contribution is 2.21. The lowest BCUT2D eigenvalue weighted by Crippen LogP contribution is -2.10. The van der Waals surface area contributed by atoms with Crippen molar-refractivity contribution in [2.45, 2.75) is 13.1 Å². The molecule has 0 amide bonds. The van der Waals surface area contributed by atoms with Crippen molar-refractivity contribution in [3.8, 4) is 0 Å². The highest BCUT2D eigenvalue weighted by molar-refractivity contribution is 9.10. The van der Waals surface area contributed by atoms with Crippen LogP contribution >= 0.6 is 27.3 Å². The number of benzene rings is 1. The van der Waals surface area contributed by atoms with Crippen molar-refractivity contribution < 1.29 is 0 Å². The van der Waals surface area contributed by atoms with Gasteiger partial charge in [-0.25, -0.2) is 0 Å². The largest absolute Gasteiger partial charge is 0.380 e. The van der Waals surface area contributed by atoms with Crippen molar-refractivity contribution >= 4 is 33.0 Å². The van der Waals surface area contributed by atoms with Crippen LogP contribution in [0.1, 0.15) is 10.4 Å². The molecule has 0 spiro atoms. The number of nitrogens with one attached hydrogen (secondary N) is 1. The number of hydrogen-bond donors (Lipinski definition) is 1. The van der Waals surface area contributed by atoms with Gasteiger partial charge in [-0.2, -0.15) is 0 Å². The predicted octanol–water partition coefficient (Wildman–Crippen LogP) is 4.18. The second kappa shape index (κ2) is 6.36. The Labute approximate surface area is 121 Å². The first-order valence-electron chi connectivity index (χ1n) is 5.84. The molecule has 2 rings (SSSR count). The zero-order valence-corrected chi connectivity index (χ0v) is 13.0. The molecule has 2 nitrogen and oxygen atoms in total. The third kappa shape index (κ3) is 4.12. The zero-order chi connectivity index (χ0) is 13.0. The van der Waals surface area contributed by atoms with Crippen molar-refractivity contribution in [2.75, 3.05) is 19.4 Å². The lowest BCUT2D eigenvalue weighted by molar-refractivity contribution is 0.402. The van der Waals surface area contributed by atoms with Crippen molar-refractivity contribution in [2.24, 2.45) is 0 Å². The molecular formula is C14H17BrN2S. The molecule has 0 saturated heterocycles. The van der Waals surface area contributed by atoms with Crippen LogP contribution in [0.2, 0.25) is 0 Å². The van der Waals surface area contributed by atoms with Gasteiger partial charge in [0.05, 0.1) is 0 Å². The van der Waals surface area contributed by atoms with Crippen molar-refractivity contribution in [1.82, 2.24) is 4.90 Å². The molecule has 2 aromatic rings. The molecule has 1 N–H and O–H groups in total. The molecule has 96 valence electrons. The Bertz CT molecular complexity index is 491. The molecule has 0 unspecified atom stereocenters. The van der Waals surface area contributed by atoms with Crippen molar-refractivity contribution in [1.29, 1.82) is 0 Å². The first kappa shape index (κ1) is 13.6. The average Bonchev–Trinajstić information content (AvgIpc) is 2.74. The van der Waals surface area contributed by atoms with Gasteiger partial charge in [0, 0.05) is 33.5 Å². The maximum absolute atomic E-state index is 3.47. The Hall–Kier alpha value is -0.840. The van der Waals surface area contributed by atoms with Crippen LogP contribution in [-0.4, -0.2) is 19.0 Å². The minimum absolute atomic E-state index is 0.878. The summed E-state index contributed by atoms with van der Waals surface area (Å²) in [6, 6.07) is 10.8. The van der Waals surface area contributed by atoms with E-state index in [-0.39, 0.29) is 0 Å². The van der Waals surface area contributed by atoms with Gasteiger partial charge in [-0.05, 0) is 53.8 Å². The summed E-state index contributed by atoms with van der Waals surface area (Å²) >= 11 is 5.23. The monoisotopic (exact) mass is 324 g/mol. The first-order chi connectivity index (χ1) is 8.63. The lowest BCUT2D eigenvalue weighted by atomic mass is 10.2. The molecule has 1 aromatic heterocycles. The summed E-state index contributed by atoms with van der Waals surface area (Å²) in [6.45, 7) is 1.86. The summed E-state index contributed by atoms with van der Waals surface area (Å²) in [5, 5.41) is 5.54. The molecule has 0 aliphatic carbocycles.